The number of halogens is 1. The highest BCUT2D eigenvalue weighted by molar-refractivity contribution is 7.09. The van der Waals surface area contributed by atoms with E-state index < -0.39 is 18.0 Å². The van der Waals surface area contributed by atoms with Gasteiger partial charge in [0.2, 0.25) is 5.91 Å². The van der Waals surface area contributed by atoms with Crippen LogP contribution in [0.15, 0.2) is 29.9 Å². The average molecular weight is 575 g/mol. The number of nitrogens with zero attached hydrogens (tertiary/aromatic N) is 4. The molecule has 3 aromatic rings. The van der Waals surface area contributed by atoms with Crippen molar-refractivity contribution in [2.45, 2.75) is 43.8 Å². The van der Waals surface area contributed by atoms with E-state index in [1.165, 1.54) is 18.4 Å². The SMILES string of the molecule is CNC(=O)[C@@H](CCCCNC(=N)N)NC(=O)c1csc([C@@H]2C[C@@H](N)CN2C(=O)c2cn3cc(Cl)ccc3n2)n1. The second-order valence-electron chi connectivity index (χ2n) is 9.26. The zero-order chi connectivity index (χ0) is 28.1. The molecule has 13 nitrogen and oxygen atoms in total. The molecule has 4 rings (SSSR count). The minimum atomic E-state index is -0.744. The van der Waals surface area contributed by atoms with Crippen LogP contribution in [0, 0.1) is 5.41 Å². The average Bonchev–Trinajstić information content (AvgIpc) is 3.64. The lowest BCUT2D eigenvalue weighted by Crippen LogP contribution is -2.45. The number of carbonyl (C=O) groups is 3. The van der Waals surface area contributed by atoms with Gasteiger partial charge in [-0.15, -0.1) is 11.3 Å². The number of thiazole rings is 1. The number of likely N-dealkylation sites (N-methyl/N-ethyl adjacent to an activating group) is 1. The fraction of sp³-hybridized carbons (Fsp3) is 0.417. The molecule has 1 aliphatic heterocycles. The molecule has 0 unspecified atom stereocenters. The van der Waals surface area contributed by atoms with Crippen molar-refractivity contribution in [2.24, 2.45) is 11.5 Å². The Morgan fingerprint density at radius 2 is 2.03 bits per heavy atom. The highest BCUT2D eigenvalue weighted by Crippen LogP contribution is 2.34. The number of hydrogen-bond acceptors (Lipinski definition) is 8. The topological polar surface area (TPSA) is 197 Å². The van der Waals surface area contributed by atoms with Gasteiger partial charge in [-0.05, 0) is 37.8 Å². The standard InChI is InChI=1S/C24H31ClN10O3S/c1-29-20(36)15(4-2-3-7-30-24(27)28)32-21(37)17-12-39-22(33-17)18-8-14(26)10-35(18)23(38)16-11-34-9-13(25)5-6-19(34)31-16/h5-6,9,11-12,14-15,18H,2-4,7-8,10,26H2,1H3,(H,29,36)(H,32,37)(H4,27,28,30)/t14-,15-,18+/m1/s1. The summed E-state index contributed by atoms with van der Waals surface area (Å²) < 4.78 is 1.69. The summed E-state index contributed by atoms with van der Waals surface area (Å²) in [5.41, 5.74) is 12.5. The minimum absolute atomic E-state index is 0.114. The van der Waals surface area contributed by atoms with Crippen LogP contribution in [0.25, 0.3) is 5.65 Å². The van der Waals surface area contributed by atoms with Crippen LogP contribution < -0.4 is 27.4 Å². The van der Waals surface area contributed by atoms with E-state index in [-0.39, 0.29) is 35.2 Å². The number of likely N-dealkylation sites (tertiary alicyclic amines) is 1. The summed E-state index contributed by atoms with van der Waals surface area (Å²) >= 11 is 7.32. The van der Waals surface area contributed by atoms with Crippen LogP contribution in [0.4, 0.5) is 0 Å². The second-order valence-corrected chi connectivity index (χ2v) is 10.6. The Hall–Kier alpha value is -3.75. The Kier molecular flexibility index (Phi) is 8.99. The molecule has 0 bridgehead atoms. The number of guanidine groups is 1. The van der Waals surface area contributed by atoms with E-state index in [4.69, 9.17) is 28.5 Å². The third kappa shape index (κ3) is 6.82. The lowest BCUT2D eigenvalue weighted by atomic mass is 10.1. The predicted molar refractivity (Wildman–Crippen MR) is 148 cm³/mol. The van der Waals surface area contributed by atoms with E-state index in [1.807, 2.05) is 0 Å². The van der Waals surface area contributed by atoms with Gasteiger partial charge in [-0.1, -0.05) is 11.6 Å². The van der Waals surface area contributed by atoms with E-state index in [0.717, 1.165) is 0 Å². The molecule has 8 N–H and O–H groups in total. The van der Waals surface area contributed by atoms with Crippen LogP contribution in [-0.4, -0.2) is 75.2 Å². The number of unbranched alkanes of at least 4 members (excludes halogenated alkanes) is 1. The molecular formula is C24H31ClN10O3S. The molecule has 15 heteroatoms. The third-order valence-corrected chi connectivity index (χ3v) is 7.54. The molecule has 208 valence electrons. The van der Waals surface area contributed by atoms with Crippen LogP contribution >= 0.6 is 22.9 Å². The van der Waals surface area contributed by atoms with Gasteiger partial charge in [-0.2, -0.15) is 0 Å². The summed E-state index contributed by atoms with van der Waals surface area (Å²) in [7, 11) is 1.51. The Morgan fingerprint density at radius 1 is 1.23 bits per heavy atom. The number of aromatic nitrogens is 3. The summed E-state index contributed by atoms with van der Waals surface area (Å²) in [5.74, 6) is -1.19. The molecule has 0 saturated carbocycles. The number of carbonyl (C=O) groups excluding carboxylic acids is 3. The number of fused-ring (bicyclic) bond motifs is 1. The van der Waals surface area contributed by atoms with Crippen molar-refractivity contribution in [1.29, 1.82) is 5.41 Å². The van der Waals surface area contributed by atoms with Gasteiger partial charge in [0.15, 0.2) is 5.96 Å². The Labute approximate surface area is 233 Å². The predicted octanol–water partition coefficient (Wildman–Crippen LogP) is 0.856. The quantitative estimate of drug-likeness (QED) is 0.116. The number of imidazole rings is 1. The van der Waals surface area contributed by atoms with Crippen LogP contribution in [0.5, 0.6) is 0 Å². The van der Waals surface area contributed by atoms with E-state index in [1.54, 1.807) is 39.2 Å². The van der Waals surface area contributed by atoms with Gasteiger partial charge in [0.05, 0.1) is 11.1 Å². The first-order valence-corrected chi connectivity index (χ1v) is 13.7. The molecule has 4 heterocycles. The van der Waals surface area contributed by atoms with Gasteiger partial charge in [0.25, 0.3) is 11.8 Å². The molecule has 0 aliphatic carbocycles. The van der Waals surface area contributed by atoms with Gasteiger partial charge in [-0.25, -0.2) is 9.97 Å². The molecule has 3 atom stereocenters. The maximum absolute atomic E-state index is 13.4. The maximum Gasteiger partial charge on any atom is 0.274 e. The van der Waals surface area contributed by atoms with Gasteiger partial charge < -0.3 is 36.7 Å². The van der Waals surface area contributed by atoms with Crippen LogP contribution in [0.3, 0.4) is 0 Å². The number of hydrogen-bond donors (Lipinski definition) is 6. The highest BCUT2D eigenvalue weighted by Gasteiger charge is 2.38. The summed E-state index contributed by atoms with van der Waals surface area (Å²) in [6.07, 6.45) is 5.51. The summed E-state index contributed by atoms with van der Waals surface area (Å²) in [6.45, 7) is 0.830. The normalized spacial score (nSPS) is 17.7. The van der Waals surface area contributed by atoms with Gasteiger partial charge in [0.1, 0.15) is 28.1 Å². The first-order valence-electron chi connectivity index (χ1n) is 12.4. The minimum Gasteiger partial charge on any atom is -0.370 e. The van der Waals surface area contributed by atoms with Crippen molar-refractivity contribution < 1.29 is 14.4 Å². The van der Waals surface area contributed by atoms with E-state index in [2.05, 4.69) is 25.9 Å². The van der Waals surface area contributed by atoms with E-state index in [0.29, 0.717) is 54.5 Å². The van der Waals surface area contributed by atoms with Crippen molar-refractivity contribution in [3.8, 4) is 0 Å². The molecule has 0 spiro atoms. The number of nitrogens with two attached hydrogens (primary N) is 2. The number of rotatable bonds is 10. The molecule has 1 fully saturated rings. The number of pyridine rings is 1. The third-order valence-electron chi connectivity index (χ3n) is 6.37. The largest absolute Gasteiger partial charge is 0.370 e. The van der Waals surface area contributed by atoms with E-state index >= 15 is 0 Å². The Balaban J connectivity index is 1.43. The zero-order valence-electron chi connectivity index (χ0n) is 21.3. The van der Waals surface area contributed by atoms with Crippen LogP contribution in [0.2, 0.25) is 5.02 Å². The number of amides is 3. The van der Waals surface area contributed by atoms with Gasteiger partial charge in [-0.3, -0.25) is 19.8 Å². The van der Waals surface area contributed by atoms with Crippen molar-refractivity contribution >= 4 is 52.3 Å². The first kappa shape index (κ1) is 28.3. The van der Waals surface area contributed by atoms with Crippen molar-refractivity contribution in [2.75, 3.05) is 20.1 Å². The number of nitrogens with one attached hydrogen (secondary N) is 4. The molecule has 39 heavy (non-hydrogen) atoms. The Morgan fingerprint density at radius 3 is 2.77 bits per heavy atom. The molecule has 0 aromatic carbocycles. The van der Waals surface area contributed by atoms with Gasteiger partial charge in [0, 0.05) is 44.0 Å². The zero-order valence-corrected chi connectivity index (χ0v) is 22.9. The fourth-order valence-corrected chi connectivity index (χ4v) is 5.55. The van der Waals surface area contributed by atoms with Crippen molar-refractivity contribution in [3.63, 3.8) is 0 Å². The lowest BCUT2D eigenvalue weighted by Gasteiger charge is -2.22. The van der Waals surface area contributed by atoms with Crippen LogP contribution in [0.1, 0.15) is 57.7 Å². The fourth-order valence-electron chi connectivity index (χ4n) is 4.46. The van der Waals surface area contributed by atoms with Crippen LogP contribution in [-0.2, 0) is 4.79 Å². The molecule has 3 aromatic heterocycles. The first-order chi connectivity index (χ1) is 18.7. The molecule has 3 amide bonds. The Bertz CT molecular complexity index is 1380. The maximum atomic E-state index is 13.4. The summed E-state index contributed by atoms with van der Waals surface area (Å²) in [6, 6.07) is 2.03. The lowest BCUT2D eigenvalue weighted by molar-refractivity contribution is -0.122. The smallest absolute Gasteiger partial charge is 0.274 e. The molecular weight excluding hydrogens is 544 g/mol. The highest BCUT2D eigenvalue weighted by atomic mass is 35.5. The summed E-state index contributed by atoms with van der Waals surface area (Å²) in [4.78, 5) is 49.3. The monoisotopic (exact) mass is 574 g/mol. The second kappa shape index (κ2) is 12.4. The van der Waals surface area contributed by atoms with E-state index in [9.17, 15) is 14.4 Å². The molecule has 1 saturated heterocycles. The van der Waals surface area contributed by atoms with Crippen molar-refractivity contribution in [3.05, 3.63) is 51.3 Å². The molecule has 0 radical (unpaired) electrons. The summed E-state index contributed by atoms with van der Waals surface area (Å²) in [5, 5.41) is 17.9. The molecule has 1 aliphatic rings. The van der Waals surface area contributed by atoms with Crippen molar-refractivity contribution in [1.82, 2.24) is 35.2 Å². The van der Waals surface area contributed by atoms with Gasteiger partial charge >= 0.3 is 0 Å².